The van der Waals surface area contributed by atoms with Gasteiger partial charge in [0.05, 0.1) is 26.5 Å². The number of aliphatic hydroxyl groups is 1. The molecule has 0 aliphatic rings. The molecule has 0 radical (unpaired) electrons. The molecular formula is C6H9N3O3. The zero-order valence-electron chi connectivity index (χ0n) is 6.60. The summed E-state index contributed by atoms with van der Waals surface area (Å²) in [5.41, 5.74) is 0.242. The maximum Gasteiger partial charge on any atom is 0.358 e. The Morgan fingerprint density at radius 1 is 1.83 bits per heavy atom. The van der Waals surface area contributed by atoms with E-state index in [-0.39, 0.29) is 18.8 Å². The Bertz CT molecular complexity index is 271. The fraction of sp³-hybridized carbons (Fsp3) is 0.500. The SMILES string of the molecule is COC(=O)c1cnnn1CCO. The smallest absolute Gasteiger partial charge is 0.358 e. The Hall–Kier alpha value is -1.43. The highest BCUT2D eigenvalue weighted by Crippen LogP contribution is 1.97. The van der Waals surface area contributed by atoms with Gasteiger partial charge in [0.2, 0.25) is 0 Å². The molecule has 6 nitrogen and oxygen atoms in total. The van der Waals surface area contributed by atoms with Crippen molar-refractivity contribution in [3.8, 4) is 0 Å². The molecule has 6 heteroatoms. The quantitative estimate of drug-likeness (QED) is 0.594. The van der Waals surface area contributed by atoms with Crippen molar-refractivity contribution in [1.29, 1.82) is 0 Å². The number of hydrogen-bond donors (Lipinski definition) is 1. The van der Waals surface area contributed by atoms with Crippen molar-refractivity contribution in [1.82, 2.24) is 15.0 Å². The summed E-state index contributed by atoms with van der Waals surface area (Å²) in [5.74, 6) is -0.506. The highest BCUT2D eigenvalue weighted by Gasteiger charge is 2.12. The molecule has 0 aliphatic carbocycles. The van der Waals surface area contributed by atoms with E-state index in [2.05, 4.69) is 15.0 Å². The number of carbonyl (C=O) groups is 1. The molecular weight excluding hydrogens is 162 g/mol. The Labute approximate surface area is 68.8 Å². The van der Waals surface area contributed by atoms with E-state index in [0.717, 1.165) is 0 Å². The first-order valence-corrected chi connectivity index (χ1v) is 3.37. The number of esters is 1. The summed E-state index contributed by atoms with van der Waals surface area (Å²) in [6.07, 6.45) is 1.29. The molecule has 0 unspecified atom stereocenters. The van der Waals surface area contributed by atoms with Gasteiger partial charge in [0, 0.05) is 0 Å². The van der Waals surface area contributed by atoms with Gasteiger partial charge in [-0.05, 0) is 0 Å². The van der Waals surface area contributed by atoms with Gasteiger partial charge in [-0.2, -0.15) is 0 Å². The average Bonchev–Trinajstić information content (AvgIpc) is 2.52. The van der Waals surface area contributed by atoms with E-state index >= 15 is 0 Å². The number of rotatable bonds is 3. The lowest BCUT2D eigenvalue weighted by molar-refractivity contribution is 0.0585. The molecule has 1 rings (SSSR count). The minimum atomic E-state index is -0.506. The molecule has 1 N–H and O–H groups in total. The van der Waals surface area contributed by atoms with Gasteiger partial charge in [0.25, 0.3) is 0 Å². The average molecular weight is 171 g/mol. The van der Waals surface area contributed by atoms with Crippen molar-refractivity contribution in [2.45, 2.75) is 6.54 Å². The van der Waals surface area contributed by atoms with Crippen molar-refractivity contribution >= 4 is 5.97 Å². The molecule has 0 amide bonds. The normalized spacial score (nSPS) is 9.83. The maximum atomic E-state index is 11.0. The van der Waals surface area contributed by atoms with Gasteiger partial charge in [0.15, 0.2) is 5.69 Å². The lowest BCUT2D eigenvalue weighted by Gasteiger charge is -2.00. The molecule has 0 spiro atoms. The van der Waals surface area contributed by atoms with E-state index in [1.54, 1.807) is 0 Å². The summed E-state index contributed by atoms with van der Waals surface area (Å²) >= 11 is 0. The number of carbonyl (C=O) groups excluding carboxylic acids is 1. The molecule has 1 aromatic heterocycles. The van der Waals surface area contributed by atoms with Crippen molar-refractivity contribution in [3.63, 3.8) is 0 Å². The Balaban J connectivity index is 2.83. The van der Waals surface area contributed by atoms with Crippen LogP contribution in [0.2, 0.25) is 0 Å². The fourth-order valence-corrected chi connectivity index (χ4v) is 0.780. The second-order valence-electron chi connectivity index (χ2n) is 2.06. The number of ether oxygens (including phenoxy) is 1. The van der Waals surface area contributed by atoms with E-state index in [1.807, 2.05) is 0 Å². The van der Waals surface area contributed by atoms with Crippen LogP contribution in [0.3, 0.4) is 0 Å². The van der Waals surface area contributed by atoms with Gasteiger partial charge in [-0.3, -0.25) is 0 Å². The van der Waals surface area contributed by atoms with E-state index in [1.165, 1.54) is 18.0 Å². The van der Waals surface area contributed by atoms with Crippen LogP contribution >= 0.6 is 0 Å². The zero-order chi connectivity index (χ0) is 8.97. The monoisotopic (exact) mass is 171 g/mol. The summed E-state index contributed by atoms with van der Waals surface area (Å²) in [4.78, 5) is 11.0. The molecule has 1 heterocycles. The Morgan fingerprint density at radius 3 is 3.17 bits per heavy atom. The highest BCUT2D eigenvalue weighted by molar-refractivity contribution is 5.86. The summed E-state index contributed by atoms with van der Waals surface area (Å²) in [5, 5.41) is 15.7. The largest absolute Gasteiger partial charge is 0.464 e. The van der Waals surface area contributed by atoms with E-state index < -0.39 is 5.97 Å². The number of hydrogen-bond acceptors (Lipinski definition) is 5. The van der Waals surface area contributed by atoms with Crippen LogP contribution in [0.4, 0.5) is 0 Å². The third-order valence-electron chi connectivity index (χ3n) is 1.32. The van der Waals surface area contributed by atoms with Crippen LogP contribution in [-0.2, 0) is 11.3 Å². The van der Waals surface area contributed by atoms with Crippen LogP contribution in [-0.4, -0.2) is 39.8 Å². The number of aromatic nitrogens is 3. The van der Waals surface area contributed by atoms with Gasteiger partial charge in [-0.15, -0.1) is 5.10 Å². The first-order valence-electron chi connectivity index (χ1n) is 3.37. The highest BCUT2D eigenvalue weighted by atomic mass is 16.5. The number of methoxy groups -OCH3 is 1. The zero-order valence-corrected chi connectivity index (χ0v) is 6.60. The first kappa shape index (κ1) is 8.66. The van der Waals surface area contributed by atoms with Crippen LogP contribution < -0.4 is 0 Å². The fourth-order valence-electron chi connectivity index (χ4n) is 0.780. The molecule has 0 saturated carbocycles. The van der Waals surface area contributed by atoms with Gasteiger partial charge in [-0.1, -0.05) is 5.21 Å². The minimum Gasteiger partial charge on any atom is -0.464 e. The Morgan fingerprint density at radius 2 is 2.58 bits per heavy atom. The topological polar surface area (TPSA) is 77.2 Å². The summed E-state index contributed by atoms with van der Waals surface area (Å²) < 4.78 is 5.74. The van der Waals surface area contributed by atoms with Crippen LogP contribution in [0.25, 0.3) is 0 Å². The second kappa shape index (κ2) is 3.82. The molecule has 66 valence electrons. The minimum absolute atomic E-state index is 0.0899. The summed E-state index contributed by atoms with van der Waals surface area (Å²) in [6.45, 7) is 0.151. The van der Waals surface area contributed by atoms with Gasteiger partial charge in [0.1, 0.15) is 0 Å². The van der Waals surface area contributed by atoms with E-state index in [9.17, 15) is 4.79 Å². The van der Waals surface area contributed by atoms with Crippen LogP contribution in [0.5, 0.6) is 0 Å². The van der Waals surface area contributed by atoms with Gasteiger partial charge < -0.3 is 9.84 Å². The maximum absolute atomic E-state index is 11.0. The molecule has 0 fully saturated rings. The standard InChI is InChI=1S/C6H9N3O3/c1-12-6(11)5-4-7-8-9(5)2-3-10/h4,10H,2-3H2,1H3. The van der Waals surface area contributed by atoms with Crippen molar-refractivity contribution in [2.75, 3.05) is 13.7 Å². The lowest BCUT2D eigenvalue weighted by Crippen LogP contribution is -2.13. The van der Waals surface area contributed by atoms with Gasteiger partial charge >= 0.3 is 5.97 Å². The van der Waals surface area contributed by atoms with Gasteiger partial charge in [-0.25, -0.2) is 9.48 Å². The lowest BCUT2D eigenvalue weighted by atomic mass is 10.4. The molecule has 0 bridgehead atoms. The predicted molar refractivity (Wildman–Crippen MR) is 38.4 cm³/mol. The third-order valence-corrected chi connectivity index (χ3v) is 1.32. The van der Waals surface area contributed by atoms with Crippen molar-refractivity contribution < 1.29 is 14.6 Å². The van der Waals surface area contributed by atoms with Crippen LogP contribution in [0.1, 0.15) is 10.5 Å². The van der Waals surface area contributed by atoms with Crippen molar-refractivity contribution in [3.05, 3.63) is 11.9 Å². The first-order chi connectivity index (χ1) is 5.79. The van der Waals surface area contributed by atoms with Crippen LogP contribution in [0, 0.1) is 0 Å². The molecule has 0 saturated heterocycles. The molecule has 1 aromatic rings. The predicted octanol–water partition coefficient (Wildman–Crippen LogP) is -0.943. The second-order valence-corrected chi connectivity index (χ2v) is 2.06. The number of nitrogens with zero attached hydrogens (tertiary/aromatic N) is 3. The molecule has 0 aromatic carbocycles. The molecule has 0 aliphatic heterocycles. The van der Waals surface area contributed by atoms with Crippen LogP contribution in [0.15, 0.2) is 6.20 Å². The Kier molecular flexibility index (Phi) is 2.76. The molecule has 0 atom stereocenters. The summed E-state index contributed by atoms with van der Waals surface area (Å²) in [7, 11) is 1.28. The van der Waals surface area contributed by atoms with Crippen molar-refractivity contribution in [2.24, 2.45) is 0 Å². The van der Waals surface area contributed by atoms with E-state index in [4.69, 9.17) is 5.11 Å². The summed E-state index contributed by atoms with van der Waals surface area (Å²) in [6, 6.07) is 0. The molecule has 12 heavy (non-hydrogen) atoms. The third kappa shape index (κ3) is 1.59. The van der Waals surface area contributed by atoms with E-state index in [0.29, 0.717) is 0 Å². The number of aliphatic hydroxyl groups excluding tert-OH is 1.